The Morgan fingerprint density at radius 3 is 1.95 bits per heavy atom. The molecule has 0 aliphatic carbocycles. The highest BCUT2D eigenvalue weighted by atomic mass is 16.4. The Balaban J connectivity index is 2.77. The van der Waals surface area contributed by atoms with E-state index in [-0.39, 0.29) is 11.1 Å². The van der Waals surface area contributed by atoms with Crippen molar-refractivity contribution < 1.29 is 19.8 Å². The smallest absolute Gasteiger partial charge is 0.330 e. The maximum atomic E-state index is 11.7. The van der Waals surface area contributed by atoms with Crippen molar-refractivity contribution in [1.82, 2.24) is 4.98 Å². The maximum Gasteiger partial charge on any atom is 0.330 e. The minimum atomic E-state index is -2.14. The van der Waals surface area contributed by atoms with E-state index in [4.69, 9.17) is 0 Å². The van der Waals surface area contributed by atoms with Crippen molar-refractivity contribution in [3.63, 3.8) is 0 Å². The van der Waals surface area contributed by atoms with Crippen LogP contribution in [0.2, 0.25) is 0 Å². The molecule has 0 amide bonds. The fourth-order valence-corrected chi connectivity index (χ4v) is 2.02. The number of aliphatic carboxylic acids is 2. The zero-order chi connectivity index (χ0) is 13.9. The van der Waals surface area contributed by atoms with Crippen molar-refractivity contribution in [2.24, 2.45) is 0 Å². The van der Waals surface area contributed by atoms with Crippen molar-refractivity contribution in [3.8, 4) is 0 Å². The van der Waals surface area contributed by atoms with Gasteiger partial charge in [0.2, 0.25) is 5.41 Å². The van der Waals surface area contributed by atoms with Gasteiger partial charge < -0.3 is 10.2 Å². The number of hydrogen-bond acceptors (Lipinski definition) is 3. The second kappa shape index (κ2) is 4.89. The van der Waals surface area contributed by atoms with Crippen LogP contribution in [-0.2, 0) is 15.0 Å². The third kappa shape index (κ3) is 1.95. The number of carbonyl (C=O) groups is 2. The topological polar surface area (TPSA) is 87.5 Å². The summed E-state index contributed by atoms with van der Waals surface area (Å²) in [6.45, 7) is 0. The summed E-state index contributed by atoms with van der Waals surface area (Å²) in [5.74, 6) is -2.89. The molecule has 0 bridgehead atoms. The molecule has 1 aromatic carbocycles. The minimum Gasteiger partial charge on any atom is -0.480 e. The summed E-state index contributed by atoms with van der Waals surface area (Å²) < 4.78 is 0. The minimum absolute atomic E-state index is 0.112. The van der Waals surface area contributed by atoms with Gasteiger partial charge in [0.05, 0.1) is 0 Å². The van der Waals surface area contributed by atoms with Gasteiger partial charge in [-0.2, -0.15) is 0 Å². The zero-order valence-corrected chi connectivity index (χ0v) is 9.85. The summed E-state index contributed by atoms with van der Waals surface area (Å²) in [4.78, 5) is 27.1. The van der Waals surface area contributed by atoms with Gasteiger partial charge in [-0.1, -0.05) is 36.4 Å². The average Bonchev–Trinajstić information content (AvgIpc) is 2.41. The first-order valence-electron chi connectivity index (χ1n) is 5.53. The van der Waals surface area contributed by atoms with Crippen LogP contribution in [0.3, 0.4) is 0 Å². The molecule has 5 nitrogen and oxygen atoms in total. The number of aromatic nitrogens is 1. The molecule has 0 saturated heterocycles. The average molecular weight is 257 g/mol. The third-order valence-electron chi connectivity index (χ3n) is 2.94. The molecule has 0 aliphatic heterocycles. The predicted octanol–water partition coefficient (Wildman–Crippen LogP) is 1.54. The summed E-state index contributed by atoms with van der Waals surface area (Å²) >= 11 is 0. The second-order valence-corrected chi connectivity index (χ2v) is 3.97. The van der Waals surface area contributed by atoms with Gasteiger partial charge in [-0.05, 0) is 11.6 Å². The Labute approximate surface area is 109 Å². The molecule has 5 heteroatoms. The summed E-state index contributed by atoms with van der Waals surface area (Å²) in [5.41, 5.74) is -1.85. The molecule has 2 N–H and O–H groups in total. The normalized spacial score (nSPS) is 10.9. The molecule has 0 unspecified atom stereocenters. The van der Waals surface area contributed by atoms with Crippen molar-refractivity contribution >= 4 is 11.9 Å². The van der Waals surface area contributed by atoms with Crippen molar-refractivity contribution in [1.29, 1.82) is 0 Å². The largest absolute Gasteiger partial charge is 0.480 e. The number of rotatable bonds is 4. The molecule has 2 aromatic rings. The number of nitrogens with zero attached hydrogens (tertiary/aromatic N) is 1. The lowest BCUT2D eigenvalue weighted by Crippen LogP contribution is -2.44. The number of benzene rings is 1. The standard InChI is InChI=1S/C14H11NO4/c16-12(17)14(13(18)19,10-5-2-1-3-6-10)11-7-4-8-15-9-11/h1-9H,(H,16,17)(H,18,19). The van der Waals surface area contributed by atoms with E-state index in [0.29, 0.717) is 0 Å². The molecule has 0 aliphatic rings. The Hall–Kier alpha value is -2.69. The van der Waals surface area contributed by atoms with E-state index in [1.54, 1.807) is 18.2 Å². The summed E-state index contributed by atoms with van der Waals surface area (Å²) in [6, 6.07) is 10.8. The van der Waals surface area contributed by atoms with Gasteiger partial charge in [-0.3, -0.25) is 14.6 Å². The molecule has 96 valence electrons. The molecule has 1 aromatic heterocycles. The zero-order valence-electron chi connectivity index (χ0n) is 9.85. The lowest BCUT2D eigenvalue weighted by molar-refractivity contribution is -0.155. The molecule has 0 atom stereocenters. The van der Waals surface area contributed by atoms with Gasteiger partial charge >= 0.3 is 11.9 Å². The molecule has 1 heterocycles. The van der Waals surface area contributed by atoms with E-state index >= 15 is 0 Å². The fraction of sp³-hybridized carbons (Fsp3) is 0.0714. The number of carboxylic acids is 2. The van der Waals surface area contributed by atoms with Crippen LogP contribution in [0.5, 0.6) is 0 Å². The Bertz CT molecular complexity index is 540. The highest BCUT2D eigenvalue weighted by molar-refractivity contribution is 6.08. The van der Waals surface area contributed by atoms with Crippen LogP contribution < -0.4 is 0 Å². The molecule has 19 heavy (non-hydrogen) atoms. The van der Waals surface area contributed by atoms with Crippen LogP contribution in [0.15, 0.2) is 54.9 Å². The van der Waals surface area contributed by atoms with E-state index in [1.807, 2.05) is 0 Å². The van der Waals surface area contributed by atoms with Gasteiger partial charge in [0, 0.05) is 18.0 Å². The Morgan fingerprint density at radius 1 is 0.895 bits per heavy atom. The number of pyridine rings is 1. The highest BCUT2D eigenvalue weighted by Gasteiger charge is 2.50. The monoisotopic (exact) mass is 257 g/mol. The first-order valence-corrected chi connectivity index (χ1v) is 5.53. The van der Waals surface area contributed by atoms with Crippen molar-refractivity contribution in [3.05, 3.63) is 66.0 Å². The predicted molar refractivity (Wildman–Crippen MR) is 66.7 cm³/mol. The van der Waals surface area contributed by atoms with Gasteiger partial charge in [0.1, 0.15) is 0 Å². The van der Waals surface area contributed by atoms with Crippen molar-refractivity contribution in [2.75, 3.05) is 0 Å². The molecule has 0 fully saturated rings. The summed E-state index contributed by atoms with van der Waals surface area (Å²) in [6.07, 6.45) is 2.72. The van der Waals surface area contributed by atoms with E-state index in [9.17, 15) is 19.8 Å². The van der Waals surface area contributed by atoms with Gasteiger partial charge in [-0.25, -0.2) is 0 Å². The van der Waals surface area contributed by atoms with Crippen LogP contribution in [-0.4, -0.2) is 27.1 Å². The summed E-state index contributed by atoms with van der Waals surface area (Å²) in [7, 11) is 0. The lowest BCUT2D eigenvalue weighted by atomic mass is 9.75. The molecular formula is C14H11NO4. The molecule has 2 rings (SSSR count). The Kier molecular flexibility index (Phi) is 3.29. The molecular weight excluding hydrogens is 246 g/mol. The van der Waals surface area contributed by atoms with Crippen LogP contribution in [0.4, 0.5) is 0 Å². The van der Waals surface area contributed by atoms with Crippen LogP contribution >= 0.6 is 0 Å². The van der Waals surface area contributed by atoms with Crippen LogP contribution in [0.25, 0.3) is 0 Å². The number of hydrogen-bond donors (Lipinski definition) is 2. The SMILES string of the molecule is O=C(O)C(C(=O)O)(c1ccccc1)c1cccnc1. The van der Waals surface area contributed by atoms with Gasteiger partial charge in [0.25, 0.3) is 0 Å². The molecule has 0 radical (unpaired) electrons. The van der Waals surface area contributed by atoms with Crippen LogP contribution in [0.1, 0.15) is 11.1 Å². The Morgan fingerprint density at radius 2 is 1.47 bits per heavy atom. The van der Waals surface area contributed by atoms with Gasteiger partial charge in [0.15, 0.2) is 0 Å². The van der Waals surface area contributed by atoms with Gasteiger partial charge in [-0.15, -0.1) is 0 Å². The maximum absolute atomic E-state index is 11.7. The number of carboxylic acid groups (broad SMARTS) is 2. The lowest BCUT2D eigenvalue weighted by Gasteiger charge is -2.25. The first-order chi connectivity index (χ1) is 9.10. The van der Waals surface area contributed by atoms with Crippen LogP contribution in [0, 0.1) is 0 Å². The quantitative estimate of drug-likeness (QED) is 0.811. The van der Waals surface area contributed by atoms with E-state index in [0.717, 1.165) is 0 Å². The highest BCUT2D eigenvalue weighted by Crippen LogP contribution is 2.32. The summed E-state index contributed by atoms with van der Waals surface area (Å²) in [5, 5.41) is 19.0. The second-order valence-electron chi connectivity index (χ2n) is 3.97. The third-order valence-corrected chi connectivity index (χ3v) is 2.94. The molecule has 0 spiro atoms. The van der Waals surface area contributed by atoms with E-state index in [1.165, 1.54) is 36.7 Å². The van der Waals surface area contributed by atoms with E-state index in [2.05, 4.69) is 4.98 Å². The van der Waals surface area contributed by atoms with E-state index < -0.39 is 17.4 Å². The van der Waals surface area contributed by atoms with Crippen molar-refractivity contribution in [2.45, 2.75) is 5.41 Å². The molecule has 0 saturated carbocycles. The first kappa shape index (κ1) is 12.8. The fourth-order valence-electron chi connectivity index (χ4n) is 2.02.